The Morgan fingerprint density at radius 2 is 1.98 bits per heavy atom. The van der Waals surface area contributed by atoms with Crippen molar-refractivity contribution in [1.29, 1.82) is 0 Å². The Morgan fingerprint density at radius 3 is 2.73 bits per heavy atom. The van der Waals surface area contributed by atoms with Gasteiger partial charge in [0, 0.05) is 6.42 Å². The Kier molecular flexibility index (Phi) is 12.9. The first-order valence-electron chi connectivity index (χ1n) is 16.3. The Labute approximate surface area is 289 Å². The number of nitrogens with one attached hydrogen (secondary N) is 3. The quantitative estimate of drug-likeness (QED) is 0.111. The van der Waals surface area contributed by atoms with Crippen molar-refractivity contribution in [3.63, 3.8) is 0 Å². The average molecular weight is 786 g/mol. The molecule has 0 unspecified atom stereocenters. The summed E-state index contributed by atoms with van der Waals surface area (Å²) >= 11 is -0.788. The molecule has 1 fully saturated rings. The van der Waals surface area contributed by atoms with Gasteiger partial charge in [-0.25, -0.2) is 0 Å². The van der Waals surface area contributed by atoms with Crippen LogP contribution in [0.15, 0.2) is 33.8 Å². The van der Waals surface area contributed by atoms with E-state index in [-0.39, 0.29) is 50.2 Å². The van der Waals surface area contributed by atoms with E-state index in [2.05, 4.69) is 24.2 Å². The van der Waals surface area contributed by atoms with Crippen LogP contribution < -0.4 is 46.3 Å². The van der Waals surface area contributed by atoms with Crippen molar-refractivity contribution in [3.8, 4) is 11.1 Å². The SMILES string of the molecule is CNC(=O)N1CCC(NC2CCOCC2)=C([I-]N2CCCc3cc(-c4cnn(CC(=O)NCCOCCC(N)=O)c4)c(C(F)F)cc32)C1. The summed E-state index contributed by atoms with van der Waals surface area (Å²) in [5.41, 5.74) is 8.92. The molecule has 13 nitrogen and oxygen atoms in total. The molecule has 5 rings (SSSR count). The van der Waals surface area contributed by atoms with E-state index in [1.165, 1.54) is 20.2 Å². The number of nitrogens with two attached hydrogens (primary N) is 1. The third-order valence-corrected chi connectivity index (χ3v) is 11.6. The summed E-state index contributed by atoms with van der Waals surface area (Å²) in [6.45, 7) is 3.92. The minimum absolute atomic E-state index is 0.0769. The van der Waals surface area contributed by atoms with Gasteiger partial charge >= 0.3 is 250 Å². The molecule has 2 aromatic rings. The summed E-state index contributed by atoms with van der Waals surface area (Å²) < 4.78 is 45.0. The third kappa shape index (κ3) is 9.56. The molecule has 3 aliphatic heterocycles. The van der Waals surface area contributed by atoms with E-state index in [1.807, 2.05) is 11.0 Å². The van der Waals surface area contributed by atoms with Crippen LogP contribution in [-0.2, 0) is 32.0 Å². The Balaban J connectivity index is 1.31. The number of amides is 4. The molecule has 1 aromatic carbocycles. The van der Waals surface area contributed by atoms with Crippen molar-refractivity contribution >= 4 is 23.5 Å². The number of hydrogen-bond acceptors (Lipinski definition) is 8. The van der Waals surface area contributed by atoms with E-state index in [9.17, 15) is 23.2 Å². The van der Waals surface area contributed by atoms with Gasteiger partial charge < -0.3 is 10.5 Å². The zero-order chi connectivity index (χ0) is 34.0. The Morgan fingerprint density at radius 1 is 1.17 bits per heavy atom. The zero-order valence-electron chi connectivity index (χ0n) is 27.1. The van der Waals surface area contributed by atoms with Crippen LogP contribution >= 0.6 is 0 Å². The normalized spacial score (nSPS) is 17.1. The number of carbonyl (C=O) groups is 3. The number of halogens is 3. The first-order chi connectivity index (χ1) is 23.2. The van der Waals surface area contributed by atoms with Crippen molar-refractivity contribution in [2.45, 2.75) is 57.5 Å². The van der Waals surface area contributed by atoms with Crippen LogP contribution in [0.1, 0.15) is 49.7 Å². The van der Waals surface area contributed by atoms with Gasteiger partial charge in [0.05, 0.1) is 13.2 Å². The molecule has 0 atom stereocenters. The number of aromatic nitrogens is 2. The second-order valence-corrected chi connectivity index (χ2v) is 14.8. The number of alkyl halides is 2. The fraction of sp³-hybridized carbons (Fsp3) is 0.562. The fourth-order valence-corrected chi connectivity index (χ4v) is 9.22. The molecule has 0 spiro atoms. The number of hydrogen-bond donors (Lipinski definition) is 4. The van der Waals surface area contributed by atoms with Gasteiger partial charge in [-0.15, -0.1) is 0 Å². The van der Waals surface area contributed by atoms with Gasteiger partial charge in [-0.3, -0.25) is 4.79 Å². The predicted octanol–water partition coefficient (Wildman–Crippen LogP) is -0.722. The van der Waals surface area contributed by atoms with Gasteiger partial charge in [0.15, 0.2) is 0 Å². The summed E-state index contributed by atoms with van der Waals surface area (Å²) in [6.07, 6.45) is 4.76. The molecule has 5 N–H and O–H groups in total. The van der Waals surface area contributed by atoms with Gasteiger partial charge in [-0.1, -0.05) is 0 Å². The molecule has 264 valence electrons. The van der Waals surface area contributed by atoms with E-state index >= 15 is 0 Å². The number of urea groups is 1. The van der Waals surface area contributed by atoms with E-state index in [0.29, 0.717) is 30.3 Å². The van der Waals surface area contributed by atoms with E-state index in [0.717, 1.165) is 63.1 Å². The molecule has 1 aromatic heterocycles. The van der Waals surface area contributed by atoms with Crippen LogP contribution in [0.25, 0.3) is 11.1 Å². The number of fused-ring (bicyclic) bond motifs is 1. The van der Waals surface area contributed by atoms with Crippen molar-refractivity contribution in [3.05, 3.63) is 44.9 Å². The van der Waals surface area contributed by atoms with Crippen LogP contribution in [0.3, 0.4) is 0 Å². The molecule has 48 heavy (non-hydrogen) atoms. The van der Waals surface area contributed by atoms with E-state index < -0.39 is 33.8 Å². The maximum absolute atomic E-state index is 14.6. The minimum atomic E-state index is -2.71. The van der Waals surface area contributed by atoms with Gasteiger partial charge in [0.2, 0.25) is 5.91 Å². The van der Waals surface area contributed by atoms with Crippen molar-refractivity contribution in [2.75, 3.05) is 62.8 Å². The number of nitrogens with zero attached hydrogens (tertiary/aromatic N) is 4. The van der Waals surface area contributed by atoms with E-state index in [1.54, 1.807) is 19.3 Å². The van der Waals surface area contributed by atoms with Crippen molar-refractivity contribution in [1.82, 2.24) is 30.6 Å². The molecule has 1 saturated heterocycles. The number of anilines is 1. The molecular formula is C32H44F2IN8O5-. The first kappa shape index (κ1) is 35.8. The van der Waals surface area contributed by atoms with Gasteiger partial charge in [0.25, 0.3) is 0 Å². The van der Waals surface area contributed by atoms with E-state index in [4.69, 9.17) is 15.2 Å². The molecule has 0 radical (unpaired) electrons. The Hall–Kier alpha value is -3.51. The maximum atomic E-state index is 14.6. The summed E-state index contributed by atoms with van der Waals surface area (Å²) in [5, 5.41) is 13.5. The molecule has 4 amide bonds. The summed E-state index contributed by atoms with van der Waals surface area (Å²) in [7, 11) is 1.63. The zero-order valence-corrected chi connectivity index (χ0v) is 29.3. The number of ether oxygens (including phenoxy) is 2. The van der Waals surface area contributed by atoms with Crippen LogP contribution in [0.5, 0.6) is 0 Å². The monoisotopic (exact) mass is 785 g/mol. The Bertz CT molecular complexity index is 1480. The second kappa shape index (κ2) is 17.2. The van der Waals surface area contributed by atoms with Crippen molar-refractivity contribution < 1.29 is 54.1 Å². The molecule has 0 saturated carbocycles. The molecule has 0 bridgehead atoms. The number of rotatable bonds is 14. The van der Waals surface area contributed by atoms with Crippen molar-refractivity contribution in [2.24, 2.45) is 5.73 Å². The predicted molar refractivity (Wildman–Crippen MR) is 171 cm³/mol. The summed E-state index contributed by atoms with van der Waals surface area (Å²) in [6, 6.07) is 3.68. The number of aryl methyl sites for hydroxylation is 1. The van der Waals surface area contributed by atoms with Gasteiger partial charge in [-0.2, -0.15) is 0 Å². The average Bonchev–Trinajstić information content (AvgIpc) is 3.54. The number of carbonyl (C=O) groups excluding carboxylic acids is 3. The summed E-state index contributed by atoms with van der Waals surface area (Å²) in [4.78, 5) is 37.6. The van der Waals surface area contributed by atoms with Crippen LogP contribution in [0.4, 0.5) is 19.3 Å². The fourth-order valence-electron chi connectivity index (χ4n) is 5.95. The summed E-state index contributed by atoms with van der Waals surface area (Å²) in [5.74, 6) is -0.762. The molecule has 0 aliphatic carbocycles. The van der Waals surface area contributed by atoms with Crippen LogP contribution in [0, 0.1) is 0 Å². The number of primary amides is 1. The number of benzene rings is 1. The van der Waals surface area contributed by atoms with Gasteiger partial charge in [0.1, 0.15) is 0 Å². The third-order valence-electron chi connectivity index (χ3n) is 8.45. The standard InChI is InChI=1S/C32H44F2IN8O5/c1-37-32(46)41-10-4-27(40-23-5-11-47-12-6-23)26(19-41)35-43-9-2-3-21-15-24(25(31(33)34)16-28(21)43)22-17-39-42(18-22)20-30(45)38-8-14-48-13-7-29(36)44/h15-18,23,31,40H,2-14,19-20H2,1H3,(H2,36,44)(H,37,46)(H,38,45)/q-1. The molecule has 16 heteroatoms. The second-order valence-electron chi connectivity index (χ2n) is 11.9. The topological polar surface area (TPSA) is 156 Å². The molecular weight excluding hydrogens is 741 g/mol. The van der Waals surface area contributed by atoms with Gasteiger partial charge in [-0.05, 0) is 0 Å². The molecule has 4 heterocycles. The van der Waals surface area contributed by atoms with Crippen LogP contribution in [-0.4, -0.2) is 98.2 Å². The van der Waals surface area contributed by atoms with Crippen LogP contribution in [0.2, 0.25) is 0 Å². The first-order valence-corrected chi connectivity index (χ1v) is 18.3. The molecule has 3 aliphatic rings.